The van der Waals surface area contributed by atoms with Crippen LogP contribution in [0.4, 0.5) is 17.1 Å². The SMILES string of the molecule is O=C(CN1CCC(C2CCCN2)CC1)Nc1cccc2c1N=S=N2. The van der Waals surface area contributed by atoms with Crippen molar-refractivity contribution < 1.29 is 4.79 Å². The molecule has 4 rings (SSSR count). The van der Waals surface area contributed by atoms with E-state index in [4.69, 9.17) is 0 Å². The lowest BCUT2D eigenvalue weighted by atomic mass is 9.88. The Hall–Kier alpha value is -1.57. The van der Waals surface area contributed by atoms with Crippen molar-refractivity contribution in [2.75, 3.05) is 31.5 Å². The Labute approximate surface area is 145 Å². The number of fused-ring (bicyclic) bond motifs is 1. The second kappa shape index (κ2) is 7.13. The van der Waals surface area contributed by atoms with Crippen LogP contribution in [0.5, 0.6) is 0 Å². The monoisotopic (exact) mass is 345 g/mol. The van der Waals surface area contributed by atoms with Crippen LogP contribution in [-0.2, 0) is 16.1 Å². The second-order valence-electron chi connectivity index (χ2n) is 6.80. The maximum absolute atomic E-state index is 12.4. The Bertz CT molecular complexity index is 686. The molecule has 0 bridgehead atoms. The lowest BCUT2D eigenvalue weighted by Crippen LogP contribution is -2.43. The summed E-state index contributed by atoms with van der Waals surface area (Å²) in [6.07, 6.45) is 5.01. The summed E-state index contributed by atoms with van der Waals surface area (Å²) in [6.45, 7) is 3.65. The summed E-state index contributed by atoms with van der Waals surface area (Å²) in [4.78, 5) is 14.6. The van der Waals surface area contributed by atoms with Gasteiger partial charge in [-0.15, -0.1) is 0 Å². The van der Waals surface area contributed by atoms with Crippen molar-refractivity contribution in [2.45, 2.75) is 31.7 Å². The van der Waals surface area contributed by atoms with Crippen LogP contribution in [0.25, 0.3) is 0 Å². The predicted molar refractivity (Wildman–Crippen MR) is 96.8 cm³/mol. The molecule has 0 radical (unpaired) electrons. The van der Waals surface area contributed by atoms with Crippen molar-refractivity contribution in [2.24, 2.45) is 14.6 Å². The number of carbonyl (C=O) groups excluding carboxylic acids is 1. The number of hydrogen-bond acceptors (Lipinski definition) is 5. The van der Waals surface area contributed by atoms with Crippen LogP contribution < -0.4 is 10.6 Å². The van der Waals surface area contributed by atoms with E-state index in [1.165, 1.54) is 43.6 Å². The lowest BCUT2D eigenvalue weighted by molar-refractivity contribution is -0.117. The number of nitrogens with zero attached hydrogens (tertiary/aromatic N) is 3. The van der Waals surface area contributed by atoms with Crippen molar-refractivity contribution in [3.63, 3.8) is 0 Å². The van der Waals surface area contributed by atoms with Gasteiger partial charge < -0.3 is 10.6 Å². The van der Waals surface area contributed by atoms with Gasteiger partial charge in [-0.1, -0.05) is 6.07 Å². The van der Waals surface area contributed by atoms with E-state index in [0.717, 1.165) is 36.1 Å². The number of likely N-dealkylation sites (tertiary alicyclic amines) is 1. The predicted octanol–water partition coefficient (Wildman–Crippen LogP) is 2.82. The van der Waals surface area contributed by atoms with Crippen molar-refractivity contribution in [1.29, 1.82) is 0 Å². The summed E-state index contributed by atoms with van der Waals surface area (Å²) in [5.41, 5.74) is 2.38. The van der Waals surface area contributed by atoms with Gasteiger partial charge in [0, 0.05) is 6.04 Å². The molecule has 2 fully saturated rings. The van der Waals surface area contributed by atoms with E-state index in [0.29, 0.717) is 12.6 Å². The Balaban J connectivity index is 1.28. The maximum Gasteiger partial charge on any atom is 0.238 e. The third-order valence-corrected chi connectivity index (χ3v) is 5.77. The zero-order chi connectivity index (χ0) is 16.4. The zero-order valence-electron chi connectivity index (χ0n) is 13.7. The van der Waals surface area contributed by atoms with Crippen LogP contribution in [0, 0.1) is 5.92 Å². The average Bonchev–Trinajstić information content (AvgIpc) is 3.27. The highest BCUT2D eigenvalue weighted by Crippen LogP contribution is 2.38. The average molecular weight is 345 g/mol. The molecule has 0 spiro atoms. The molecule has 2 saturated heterocycles. The van der Waals surface area contributed by atoms with Crippen molar-refractivity contribution in [3.8, 4) is 0 Å². The standard InChI is InChI=1S/C17H23N5OS/c23-16(19-14-3-1-4-15-17(14)21-24-20-15)11-22-9-6-12(7-10-22)13-5-2-8-18-13/h1,3-4,12-13,18H,2,5-11H2,(H,19,23). The summed E-state index contributed by atoms with van der Waals surface area (Å²) in [5, 5.41) is 6.62. The lowest BCUT2D eigenvalue weighted by Gasteiger charge is -2.34. The van der Waals surface area contributed by atoms with Gasteiger partial charge in [0.15, 0.2) is 0 Å². The van der Waals surface area contributed by atoms with Gasteiger partial charge in [-0.3, -0.25) is 9.69 Å². The van der Waals surface area contributed by atoms with E-state index >= 15 is 0 Å². The molecule has 1 aromatic rings. The molecule has 1 aromatic carbocycles. The highest BCUT2D eigenvalue weighted by Gasteiger charge is 2.28. The molecule has 2 N–H and O–H groups in total. The molecule has 6 nitrogen and oxygen atoms in total. The van der Waals surface area contributed by atoms with Gasteiger partial charge in [-0.2, -0.15) is 8.73 Å². The molecule has 1 amide bonds. The van der Waals surface area contributed by atoms with Gasteiger partial charge in [0.2, 0.25) is 5.91 Å². The Morgan fingerprint density at radius 2 is 2.17 bits per heavy atom. The first kappa shape index (κ1) is 15.9. The van der Waals surface area contributed by atoms with Crippen LogP contribution in [0.15, 0.2) is 26.9 Å². The third-order valence-electron chi connectivity index (χ3n) is 5.23. The van der Waals surface area contributed by atoms with E-state index in [9.17, 15) is 4.79 Å². The van der Waals surface area contributed by atoms with Crippen molar-refractivity contribution >= 4 is 34.3 Å². The summed E-state index contributed by atoms with van der Waals surface area (Å²) in [6, 6.07) is 6.41. The fourth-order valence-electron chi connectivity index (χ4n) is 3.93. The quantitative estimate of drug-likeness (QED) is 0.895. The van der Waals surface area contributed by atoms with E-state index in [1.807, 2.05) is 18.2 Å². The topological polar surface area (TPSA) is 69.1 Å². The van der Waals surface area contributed by atoms with E-state index in [2.05, 4.69) is 24.3 Å². The van der Waals surface area contributed by atoms with Crippen LogP contribution in [0.3, 0.4) is 0 Å². The Morgan fingerprint density at radius 3 is 2.96 bits per heavy atom. The number of anilines is 1. The van der Waals surface area contributed by atoms with Crippen molar-refractivity contribution in [3.05, 3.63) is 18.2 Å². The summed E-state index contributed by atoms with van der Waals surface area (Å²) < 4.78 is 8.48. The molecular formula is C17H23N5OS. The highest BCUT2D eigenvalue weighted by atomic mass is 32.1. The number of piperidine rings is 1. The summed E-state index contributed by atoms with van der Waals surface area (Å²) >= 11 is 1.17. The van der Waals surface area contributed by atoms with Gasteiger partial charge in [0.1, 0.15) is 11.4 Å². The molecular weight excluding hydrogens is 322 g/mol. The number of nitrogens with one attached hydrogen (secondary N) is 2. The molecule has 0 aromatic heterocycles. The smallest absolute Gasteiger partial charge is 0.238 e. The largest absolute Gasteiger partial charge is 0.323 e. The van der Waals surface area contributed by atoms with Crippen molar-refractivity contribution in [1.82, 2.24) is 10.2 Å². The Kier molecular flexibility index (Phi) is 4.73. The zero-order valence-corrected chi connectivity index (χ0v) is 14.5. The molecule has 7 heteroatoms. The molecule has 1 atom stereocenters. The number of benzene rings is 1. The number of hydrogen-bond donors (Lipinski definition) is 2. The van der Waals surface area contributed by atoms with E-state index in [-0.39, 0.29) is 5.91 Å². The van der Waals surface area contributed by atoms with Gasteiger partial charge >= 0.3 is 0 Å². The molecule has 24 heavy (non-hydrogen) atoms. The minimum Gasteiger partial charge on any atom is -0.323 e. The first-order chi connectivity index (χ1) is 11.8. The number of carbonyl (C=O) groups is 1. The van der Waals surface area contributed by atoms with Gasteiger partial charge in [-0.05, 0) is 63.4 Å². The molecule has 0 saturated carbocycles. The number of rotatable bonds is 4. The summed E-state index contributed by atoms with van der Waals surface area (Å²) in [7, 11) is 0. The maximum atomic E-state index is 12.4. The third kappa shape index (κ3) is 3.43. The summed E-state index contributed by atoms with van der Waals surface area (Å²) in [5.74, 6) is 0.814. The van der Waals surface area contributed by atoms with E-state index < -0.39 is 0 Å². The molecule has 3 aliphatic rings. The van der Waals surface area contributed by atoms with Crippen LogP contribution >= 0.6 is 0 Å². The Morgan fingerprint density at radius 1 is 1.29 bits per heavy atom. The molecule has 3 aliphatic heterocycles. The number of amides is 1. The molecule has 128 valence electrons. The highest BCUT2D eigenvalue weighted by molar-refractivity contribution is 7.58. The van der Waals surface area contributed by atoms with Gasteiger partial charge in [0.05, 0.1) is 23.6 Å². The molecule has 1 unspecified atom stereocenters. The molecule has 0 aliphatic carbocycles. The fraction of sp³-hybridized carbons (Fsp3) is 0.588. The van der Waals surface area contributed by atoms with E-state index in [1.54, 1.807) is 0 Å². The second-order valence-corrected chi connectivity index (χ2v) is 7.33. The normalized spacial score (nSPS) is 23.9. The van der Waals surface area contributed by atoms with Gasteiger partial charge in [-0.25, -0.2) is 0 Å². The minimum absolute atomic E-state index is 0.0351. The van der Waals surface area contributed by atoms with Crippen LogP contribution in [-0.4, -0.2) is 43.0 Å². The van der Waals surface area contributed by atoms with Crippen LogP contribution in [0.2, 0.25) is 0 Å². The first-order valence-corrected chi connectivity index (χ1v) is 9.49. The fourth-order valence-corrected chi connectivity index (χ4v) is 4.48. The minimum atomic E-state index is 0.0351. The van der Waals surface area contributed by atoms with Crippen LogP contribution in [0.1, 0.15) is 25.7 Å². The van der Waals surface area contributed by atoms with Gasteiger partial charge in [0.25, 0.3) is 0 Å². The molecule has 3 heterocycles. The first-order valence-electron chi connectivity index (χ1n) is 8.76.